The number of hydrogen-bond acceptors (Lipinski definition) is 4. The van der Waals surface area contributed by atoms with Crippen molar-refractivity contribution < 1.29 is 0 Å². The van der Waals surface area contributed by atoms with Crippen LogP contribution in [0.4, 0.5) is 5.82 Å². The van der Waals surface area contributed by atoms with E-state index in [4.69, 9.17) is 5.73 Å². The highest BCUT2D eigenvalue weighted by molar-refractivity contribution is 5.36. The summed E-state index contributed by atoms with van der Waals surface area (Å²) in [6.07, 6.45) is 6.79. The van der Waals surface area contributed by atoms with E-state index in [0.717, 1.165) is 38.9 Å². The summed E-state index contributed by atoms with van der Waals surface area (Å²) in [6, 6.07) is 0.170. The van der Waals surface area contributed by atoms with E-state index in [-0.39, 0.29) is 11.6 Å². The van der Waals surface area contributed by atoms with Gasteiger partial charge in [0.1, 0.15) is 0 Å². The number of piperidine rings is 1. The van der Waals surface area contributed by atoms with Gasteiger partial charge in [0.25, 0.3) is 5.56 Å². The van der Waals surface area contributed by atoms with Crippen LogP contribution in [0.3, 0.4) is 0 Å². The summed E-state index contributed by atoms with van der Waals surface area (Å²) in [7, 11) is 0. The molecule has 1 aromatic rings. The standard InChI is InChI=1S/C14H24N4O/c1-11(2)18-10-7-16-13(14(18)19)17-8-4-12(3-6-15)5-9-17/h7,10-12H,3-6,8-9,15H2,1-2H3. The molecule has 1 aromatic heterocycles. The summed E-state index contributed by atoms with van der Waals surface area (Å²) in [5, 5.41) is 0. The first-order valence-electron chi connectivity index (χ1n) is 7.15. The third kappa shape index (κ3) is 3.15. The Labute approximate surface area is 114 Å². The molecule has 1 saturated heterocycles. The van der Waals surface area contributed by atoms with Crippen LogP contribution in [0.2, 0.25) is 0 Å². The molecule has 1 fully saturated rings. The second-order valence-corrected chi connectivity index (χ2v) is 5.56. The predicted molar refractivity (Wildman–Crippen MR) is 77.5 cm³/mol. The lowest BCUT2D eigenvalue weighted by atomic mass is 9.94. The molecule has 0 bridgehead atoms. The molecule has 2 rings (SSSR count). The first-order chi connectivity index (χ1) is 9.13. The predicted octanol–water partition coefficient (Wildman–Crippen LogP) is 1.39. The van der Waals surface area contributed by atoms with Crippen LogP contribution in [0.5, 0.6) is 0 Å². The average Bonchev–Trinajstić information content (AvgIpc) is 2.40. The molecule has 0 radical (unpaired) electrons. The van der Waals surface area contributed by atoms with Crippen molar-refractivity contribution in [2.45, 2.75) is 39.2 Å². The van der Waals surface area contributed by atoms with E-state index in [0.29, 0.717) is 11.7 Å². The second kappa shape index (κ2) is 6.19. The topological polar surface area (TPSA) is 64.2 Å². The van der Waals surface area contributed by atoms with Crippen LogP contribution in [-0.4, -0.2) is 29.2 Å². The van der Waals surface area contributed by atoms with Crippen molar-refractivity contribution in [1.82, 2.24) is 9.55 Å². The Kier molecular flexibility index (Phi) is 4.58. The number of aromatic nitrogens is 2. The quantitative estimate of drug-likeness (QED) is 0.892. The van der Waals surface area contributed by atoms with Gasteiger partial charge in [0, 0.05) is 31.5 Å². The van der Waals surface area contributed by atoms with E-state index in [2.05, 4.69) is 9.88 Å². The zero-order chi connectivity index (χ0) is 13.8. The smallest absolute Gasteiger partial charge is 0.293 e. The zero-order valence-electron chi connectivity index (χ0n) is 11.9. The Morgan fingerprint density at radius 2 is 2.11 bits per heavy atom. The Hall–Kier alpha value is -1.36. The molecule has 5 heteroatoms. The van der Waals surface area contributed by atoms with Crippen molar-refractivity contribution in [2.24, 2.45) is 11.7 Å². The normalized spacial score (nSPS) is 17.2. The summed E-state index contributed by atoms with van der Waals surface area (Å²) in [5.74, 6) is 1.31. The van der Waals surface area contributed by atoms with Crippen LogP contribution in [0.25, 0.3) is 0 Å². The van der Waals surface area contributed by atoms with Gasteiger partial charge in [-0.25, -0.2) is 4.98 Å². The monoisotopic (exact) mass is 264 g/mol. The number of nitrogens with zero attached hydrogens (tertiary/aromatic N) is 3. The minimum Gasteiger partial charge on any atom is -0.352 e. The highest BCUT2D eigenvalue weighted by atomic mass is 16.1. The van der Waals surface area contributed by atoms with E-state index in [1.54, 1.807) is 17.0 Å². The maximum Gasteiger partial charge on any atom is 0.293 e. The molecule has 0 aliphatic carbocycles. The fraction of sp³-hybridized carbons (Fsp3) is 0.714. The third-order valence-electron chi connectivity index (χ3n) is 3.90. The molecule has 2 N–H and O–H groups in total. The molecule has 1 aliphatic heterocycles. The van der Waals surface area contributed by atoms with Gasteiger partial charge in [0.2, 0.25) is 0 Å². The molecule has 0 atom stereocenters. The van der Waals surface area contributed by atoms with Crippen LogP contribution in [0, 0.1) is 5.92 Å². The van der Waals surface area contributed by atoms with Gasteiger partial charge in [-0.05, 0) is 45.6 Å². The van der Waals surface area contributed by atoms with Crippen molar-refractivity contribution in [3.63, 3.8) is 0 Å². The Balaban J connectivity index is 2.12. The molecular weight excluding hydrogens is 240 g/mol. The Bertz CT molecular complexity index is 461. The third-order valence-corrected chi connectivity index (χ3v) is 3.90. The van der Waals surface area contributed by atoms with Gasteiger partial charge in [0.05, 0.1) is 0 Å². The van der Waals surface area contributed by atoms with Crippen LogP contribution in [-0.2, 0) is 0 Å². The molecule has 0 unspecified atom stereocenters. The minimum absolute atomic E-state index is 0.0229. The molecule has 0 saturated carbocycles. The van der Waals surface area contributed by atoms with Crippen molar-refractivity contribution >= 4 is 5.82 Å². The molecule has 106 valence electrons. The van der Waals surface area contributed by atoms with Crippen LogP contribution in [0.15, 0.2) is 17.2 Å². The van der Waals surface area contributed by atoms with Crippen LogP contribution < -0.4 is 16.2 Å². The van der Waals surface area contributed by atoms with E-state index < -0.39 is 0 Å². The maximum atomic E-state index is 12.4. The Morgan fingerprint density at radius 3 is 2.68 bits per heavy atom. The van der Waals surface area contributed by atoms with Gasteiger partial charge >= 0.3 is 0 Å². The van der Waals surface area contributed by atoms with E-state index >= 15 is 0 Å². The lowest BCUT2D eigenvalue weighted by Crippen LogP contribution is -2.39. The van der Waals surface area contributed by atoms with Gasteiger partial charge in [-0.3, -0.25) is 4.79 Å². The number of hydrogen-bond donors (Lipinski definition) is 1. The molecule has 1 aliphatic rings. The lowest BCUT2D eigenvalue weighted by molar-refractivity contribution is 0.384. The summed E-state index contributed by atoms with van der Waals surface area (Å²) < 4.78 is 1.74. The van der Waals surface area contributed by atoms with Gasteiger partial charge in [-0.1, -0.05) is 0 Å². The lowest BCUT2D eigenvalue weighted by Gasteiger charge is -2.32. The zero-order valence-corrected chi connectivity index (χ0v) is 11.9. The maximum absolute atomic E-state index is 12.4. The highest BCUT2D eigenvalue weighted by Gasteiger charge is 2.22. The van der Waals surface area contributed by atoms with E-state index in [1.807, 2.05) is 13.8 Å². The molecule has 0 spiro atoms. The summed E-state index contributed by atoms with van der Waals surface area (Å²) in [4.78, 5) is 18.8. The van der Waals surface area contributed by atoms with Gasteiger partial charge in [0.15, 0.2) is 5.82 Å². The summed E-state index contributed by atoms with van der Waals surface area (Å²) in [6.45, 7) is 6.61. The van der Waals surface area contributed by atoms with E-state index in [1.165, 1.54) is 0 Å². The van der Waals surface area contributed by atoms with Crippen molar-refractivity contribution in [3.05, 3.63) is 22.7 Å². The first kappa shape index (κ1) is 14.1. The largest absolute Gasteiger partial charge is 0.352 e. The molecule has 0 aromatic carbocycles. The fourth-order valence-corrected chi connectivity index (χ4v) is 2.71. The molecule has 0 amide bonds. The fourth-order valence-electron chi connectivity index (χ4n) is 2.71. The first-order valence-corrected chi connectivity index (χ1v) is 7.15. The average molecular weight is 264 g/mol. The van der Waals surface area contributed by atoms with Crippen molar-refractivity contribution in [1.29, 1.82) is 0 Å². The van der Waals surface area contributed by atoms with Crippen LogP contribution >= 0.6 is 0 Å². The van der Waals surface area contributed by atoms with Gasteiger partial charge in [-0.15, -0.1) is 0 Å². The molecule has 5 nitrogen and oxygen atoms in total. The number of nitrogens with two attached hydrogens (primary N) is 1. The molecule has 2 heterocycles. The molecular formula is C14H24N4O. The van der Waals surface area contributed by atoms with E-state index in [9.17, 15) is 4.79 Å². The minimum atomic E-state index is 0.0229. The van der Waals surface area contributed by atoms with Crippen LogP contribution in [0.1, 0.15) is 39.2 Å². The number of rotatable bonds is 4. The summed E-state index contributed by atoms with van der Waals surface area (Å²) in [5.41, 5.74) is 5.63. The van der Waals surface area contributed by atoms with Crippen molar-refractivity contribution in [3.8, 4) is 0 Å². The van der Waals surface area contributed by atoms with Crippen molar-refractivity contribution in [2.75, 3.05) is 24.5 Å². The number of anilines is 1. The second-order valence-electron chi connectivity index (χ2n) is 5.56. The molecule has 19 heavy (non-hydrogen) atoms. The highest BCUT2D eigenvalue weighted by Crippen LogP contribution is 2.22. The van der Waals surface area contributed by atoms with Gasteiger partial charge < -0.3 is 15.2 Å². The summed E-state index contributed by atoms with van der Waals surface area (Å²) >= 11 is 0. The SMILES string of the molecule is CC(C)n1ccnc(N2CCC(CCN)CC2)c1=O. The Morgan fingerprint density at radius 1 is 1.42 bits per heavy atom. The van der Waals surface area contributed by atoms with Gasteiger partial charge in [-0.2, -0.15) is 0 Å².